The molecule has 0 radical (unpaired) electrons. The lowest BCUT2D eigenvalue weighted by Gasteiger charge is -1.95. The molecule has 0 N–H and O–H groups in total. The zero-order valence-electron chi connectivity index (χ0n) is 5.42. The monoisotopic (exact) mass is 134 g/mol. The SMILES string of the molecule is Fc1cccc(C2C=C2)c1. The molecule has 0 fully saturated rings. The van der Waals surface area contributed by atoms with E-state index in [2.05, 4.69) is 12.2 Å². The van der Waals surface area contributed by atoms with Gasteiger partial charge >= 0.3 is 0 Å². The van der Waals surface area contributed by atoms with E-state index in [0.717, 1.165) is 5.56 Å². The van der Waals surface area contributed by atoms with Crippen molar-refractivity contribution in [2.75, 3.05) is 0 Å². The lowest BCUT2D eigenvalue weighted by atomic mass is 10.1. The van der Waals surface area contributed by atoms with Crippen molar-refractivity contribution in [3.8, 4) is 0 Å². The Morgan fingerprint density at radius 3 is 2.60 bits per heavy atom. The smallest absolute Gasteiger partial charge is 0.123 e. The molecule has 2 rings (SSSR count). The van der Waals surface area contributed by atoms with Crippen LogP contribution in [0.5, 0.6) is 0 Å². The van der Waals surface area contributed by atoms with Gasteiger partial charge in [0.1, 0.15) is 5.82 Å². The first-order valence-corrected chi connectivity index (χ1v) is 3.30. The average molecular weight is 134 g/mol. The number of hydrogen-bond acceptors (Lipinski definition) is 0. The van der Waals surface area contributed by atoms with Crippen molar-refractivity contribution in [3.63, 3.8) is 0 Å². The molecule has 0 spiro atoms. The number of allylic oxidation sites excluding steroid dienone is 2. The van der Waals surface area contributed by atoms with Crippen LogP contribution in [0.4, 0.5) is 4.39 Å². The third-order valence-electron chi connectivity index (χ3n) is 1.62. The summed E-state index contributed by atoms with van der Waals surface area (Å²) in [6, 6.07) is 6.72. The Balaban J connectivity index is 2.33. The Bertz CT molecular complexity index is 270. The predicted molar refractivity (Wildman–Crippen MR) is 38.3 cm³/mol. The maximum Gasteiger partial charge on any atom is 0.123 e. The number of rotatable bonds is 1. The van der Waals surface area contributed by atoms with E-state index in [-0.39, 0.29) is 5.82 Å². The molecule has 1 aromatic rings. The van der Waals surface area contributed by atoms with Crippen LogP contribution in [-0.2, 0) is 0 Å². The second-order valence-electron chi connectivity index (χ2n) is 2.47. The lowest BCUT2D eigenvalue weighted by Crippen LogP contribution is -1.80. The van der Waals surface area contributed by atoms with Crippen LogP contribution in [0.2, 0.25) is 0 Å². The normalized spacial score (nSPS) is 15.7. The van der Waals surface area contributed by atoms with Gasteiger partial charge in [-0.1, -0.05) is 24.3 Å². The van der Waals surface area contributed by atoms with Gasteiger partial charge in [0.2, 0.25) is 0 Å². The second kappa shape index (κ2) is 1.94. The number of hydrogen-bond donors (Lipinski definition) is 0. The lowest BCUT2D eigenvalue weighted by molar-refractivity contribution is 0.626. The summed E-state index contributed by atoms with van der Waals surface area (Å²) < 4.78 is 12.5. The molecule has 1 aliphatic carbocycles. The Kier molecular flexibility index (Phi) is 1.10. The van der Waals surface area contributed by atoms with Gasteiger partial charge in [-0.15, -0.1) is 0 Å². The van der Waals surface area contributed by atoms with Gasteiger partial charge in [-0.2, -0.15) is 0 Å². The Labute approximate surface area is 59.0 Å². The standard InChI is InChI=1S/C9H7F/c10-9-3-1-2-8(6-9)7-4-5-7/h1-7H. The van der Waals surface area contributed by atoms with Gasteiger partial charge in [0, 0.05) is 5.92 Å². The van der Waals surface area contributed by atoms with Gasteiger partial charge < -0.3 is 0 Å². The molecular weight excluding hydrogens is 127 g/mol. The minimum absolute atomic E-state index is 0.147. The fourth-order valence-corrected chi connectivity index (χ4v) is 0.992. The van der Waals surface area contributed by atoms with E-state index in [4.69, 9.17) is 0 Å². The molecule has 0 heterocycles. The maximum absolute atomic E-state index is 12.5. The fourth-order valence-electron chi connectivity index (χ4n) is 0.992. The highest BCUT2D eigenvalue weighted by Crippen LogP contribution is 2.29. The molecule has 1 aromatic carbocycles. The average Bonchev–Trinajstić information content (AvgIpc) is 2.68. The molecule has 0 saturated heterocycles. The molecule has 0 bridgehead atoms. The molecule has 1 heteroatoms. The summed E-state index contributed by atoms with van der Waals surface area (Å²) in [7, 11) is 0. The second-order valence-corrected chi connectivity index (χ2v) is 2.47. The Morgan fingerprint density at radius 2 is 2.00 bits per heavy atom. The van der Waals surface area contributed by atoms with Crippen LogP contribution in [0, 0.1) is 5.82 Å². The van der Waals surface area contributed by atoms with Crippen molar-refractivity contribution < 1.29 is 4.39 Å². The first kappa shape index (κ1) is 5.66. The van der Waals surface area contributed by atoms with E-state index in [1.807, 2.05) is 6.07 Å². The van der Waals surface area contributed by atoms with E-state index in [0.29, 0.717) is 5.92 Å². The van der Waals surface area contributed by atoms with Crippen molar-refractivity contribution in [1.29, 1.82) is 0 Å². The molecule has 0 atom stereocenters. The zero-order valence-corrected chi connectivity index (χ0v) is 5.42. The van der Waals surface area contributed by atoms with Gasteiger partial charge in [-0.3, -0.25) is 0 Å². The molecule has 0 nitrogen and oxygen atoms in total. The summed E-state index contributed by atoms with van der Waals surface area (Å²) in [5.41, 5.74) is 1.06. The van der Waals surface area contributed by atoms with E-state index in [1.54, 1.807) is 12.1 Å². The fraction of sp³-hybridized carbons (Fsp3) is 0.111. The predicted octanol–water partition coefficient (Wildman–Crippen LogP) is 2.48. The van der Waals surface area contributed by atoms with E-state index in [1.165, 1.54) is 6.07 Å². The number of benzene rings is 1. The third-order valence-corrected chi connectivity index (χ3v) is 1.62. The highest BCUT2D eigenvalue weighted by atomic mass is 19.1. The summed E-state index contributed by atoms with van der Waals surface area (Å²) in [5.74, 6) is 0.266. The third kappa shape index (κ3) is 0.947. The summed E-state index contributed by atoms with van der Waals surface area (Å²) >= 11 is 0. The van der Waals surface area contributed by atoms with Crippen LogP contribution in [0.15, 0.2) is 36.4 Å². The molecule has 50 valence electrons. The van der Waals surface area contributed by atoms with Crippen molar-refractivity contribution in [3.05, 3.63) is 47.8 Å². The van der Waals surface area contributed by atoms with E-state index < -0.39 is 0 Å². The van der Waals surface area contributed by atoms with Crippen LogP contribution in [0.1, 0.15) is 11.5 Å². The number of halogens is 1. The van der Waals surface area contributed by atoms with Crippen molar-refractivity contribution in [2.45, 2.75) is 5.92 Å². The van der Waals surface area contributed by atoms with Gasteiger partial charge in [0.25, 0.3) is 0 Å². The van der Waals surface area contributed by atoms with Gasteiger partial charge in [-0.25, -0.2) is 4.39 Å². The van der Waals surface area contributed by atoms with Crippen LogP contribution in [0.25, 0.3) is 0 Å². The van der Waals surface area contributed by atoms with Crippen LogP contribution in [-0.4, -0.2) is 0 Å². The summed E-state index contributed by atoms with van der Waals surface area (Å²) in [6.45, 7) is 0. The minimum Gasteiger partial charge on any atom is -0.207 e. The first-order valence-electron chi connectivity index (χ1n) is 3.30. The van der Waals surface area contributed by atoms with Crippen molar-refractivity contribution >= 4 is 0 Å². The molecule has 0 aromatic heterocycles. The first-order chi connectivity index (χ1) is 4.86. The largest absolute Gasteiger partial charge is 0.207 e. The maximum atomic E-state index is 12.5. The zero-order chi connectivity index (χ0) is 6.97. The van der Waals surface area contributed by atoms with E-state index >= 15 is 0 Å². The molecule has 1 aliphatic rings. The van der Waals surface area contributed by atoms with E-state index in [9.17, 15) is 4.39 Å². The Morgan fingerprint density at radius 1 is 1.20 bits per heavy atom. The molecule has 0 amide bonds. The van der Waals surface area contributed by atoms with Gasteiger partial charge in [-0.05, 0) is 17.7 Å². The topological polar surface area (TPSA) is 0 Å². The summed E-state index contributed by atoms with van der Waals surface area (Å²) in [5, 5.41) is 0. The molecule has 0 aliphatic heterocycles. The van der Waals surface area contributed by atoms with Crippen molar-refractivity contribution in [1.82, 2.24) is 0 Å². The highest BCUT2D eigenvalue weighted by molar-refractivity contribution is 5.37. The summed E-state index contributed by atoms with van der Waals surface area (Å²) in [6.07, 6.45) is 4.10. The van der Waals surface area contributed by atoms with Crippen molar-refractivity contribution in [2.24, 2.45) is 0 Å². The van der Waals surface area contributed by atoms with Gasteiger partial charge in [0.15, 0.2) is 0 Å². The Hall–Kier alpha value is -1.11. The molecule has 10 heavy (non-hydrogen) atoms. The summed E-state index contributed by atoms with van der Waals surface area (Å²) in [4.78, 5) is 0. The quantitative estimate of drug-likeness (QED) is 0.517. The molecule has 0 saturated carbocycles. The molecule has 0 unspecified atom stereocenters. The molecular formula is C9H7F. The highest BCUT2D eigenvalue weighted by Gasteiger charge is 2.12. The minimum atomic E-state index is -0.147. The van der Waals surface area contributed by atoms with Gasteiger partial charge in [0.05, 0.1) is 0 Å². The van der Waals surface area contributed by atoms with Crippen LogP contribution >= 0.6 is 0 Å². The van der Waals surface area contributed by atoms with Crippen LogP contribution in [0.3, 0.4) is 0 Å². The van der Waals surface area contributed by atoms with Crippen LogP contribution < -0.4 is 0 Å².